The molecule has 6 heteroatoms. The third kappa shape index (κ3) is 12.9. The summed E-state index contributed by atoms with van der Waals surface area (Å²) in [6.07, 6.45) is 0. The molecule has 0 atom stereocenters. The van der Waals surface area contributed by atoms with Crippen molar-refractivity contribution in [3.05, 3.63) is 455 Å². The van der Waals surface area contributed by atoms with Crippen molar-refractivity contribution in [1.29, 1.82) is 0 Å². The highest BCUT2D eigenvalue weighted by atomic mass is 32.1. The van der Waals surface area contributed by atoms with Gasteiger partial charge in [0.1, 0.15) is 22.3 Å². The van der Waals surface area contributed by atoms with E-state index in [1.807, 2.05) is 35.6 Å². The first-order valence-electron chi connectivity index (χ1n) is 43.9. The maximum atomic E-state index is 6.98. The van der Waals surface area contributed by atoms with E-state index in [9.17, 15) is 0 Å². The zero-order valence-electron chi connectivity index (χ0n) is 69.9. The van der Waals surface area contributed by atoms with Gasteiger partial charge in [-0.05, 0) is 181 Å². The molecule has 0 fully saturated rings. The quantitative estimate of drug-likeness (QED) is 0.135. The Labute approximate surface area is 746 Å². The Hall–Kier alpha value is -16.8. The van der Waals surface area contributed by atoms with E-state index < -0.39 is 0 Å². The molecule has 0 N–H and O–H groups in total. The molecule has 0 bridgehead atoms. The lowest BCUT2D eigenvalue weighted by Gasteiger charge is -2.11. The molecule has 0 saturated heterocycles. The summed E-state index contributed by atoms with van der Waals surface area (Å²) < 4.78 is 16.4. The third-order valence-corrected chi connectivity index (χ3v) is 27.1. The van der Waals surface area contributed by atoms with Crippen molar-refractivity contribution in [2.75, 3.05) is 0 Å². The standard InChI is InChI=1S/2C41H25NO.C41H25NS/c1-3-12-26(13-4-1)38-22-28(23-39(42-38)27-14-5-2-6-15-27)29-20-11-21-34-37-24-35-32-18-9-7-16-30(32)31-17-8-10-19-33(31)36(35)25-40(37)43-41(29)34;1-3-12-26(13-4-1)37-24-28(25-38(42-37)27-14-5-2-6-15-27)29-20-11-21-35-36-23-22-34-32-18-8-7-16-30(32)31-17-9-10-19-33(31)39(34)41(36)43-40(29)35;1-3-12-26(13-4-1)38-22-28(23-39(42-38)27-14-5-2-6-15-27)29-20-11-21-34-37-24-35-32-18-9-7-16-30(32)31-17-8-10-19-33(31)36(35)25-40(37)43-41(29)34/h3*1-25H. The number of furan rings is 2. The van der Waals surface area contributed by atoms with Crippen LogP contribution in [0.4, 0.5) is 0 Å². The minimum Gasteiger partial charge on any atom is -0.455 e. The fraction of sp³-hybridized carbons (Fsp3) is 0. The van der Waals surface area contributed by atoms with Crippen molar-refractivity contribution in [1.82, 2.24) is 15.0 Å². The molecule has 27 aromatic rings. The molecule has 0 spiro atoms. The molecule has 0 unspecified atom stereocenters. The van der Waals surface area contributed by atoms with Gasteiger partial charge >= 0.3 is 0 Å². The summed E-state index contributed by atoms with van der Waals surface area (Å²) in [5.74, 6) is 0. The highest BCUT2D eigenvalue weighted by Gasteiger charge is 2.24. The van der Waals surface area contributed by atoms with Crippen LogP contribution in [0.3, 0.4) is 0 Å². The summed E-state index contributed by atoms with van der Waals surface area (Å²) in [6, 6.07) is 162. The minimum atomic E-state index is 0.894. The predicted molar refractivity (Wildman–Crippen MR) is 547 cm³/mol. The third-order valence-electron chi connectivity index (χ3n) is 25.9. The monoisotopic (exact) mass is 1660 g/mol. The van der Waals surface area contributed by atoms with Gasteiger partial charge in [-0.2, -0.15) is 0 Å². The molecule has 0 aliphatic rings. The number of thiophene rings is 1. The van der Waals surface area contributed by atoms with Crippen LogP contribution in [0.1, 0.15) is 0 Å². The minimum absolute atomic E-state index is 0.894. The number of hydrogen-bond acceptors (Lipinski definition) is 6. The molecule has 27 rings (SSSR count). The SMILES string of the molecule is c1ccc(-c2cc(-c3cccc4c3oc3c4ccc4c5ccccc5c5ccccc5c43)cc(-c3ccccc3)n2)cc1.c1ccc(-c2cc(-c3cccc4c3oc3cc5c6ccccc6c6ccccc6c5cc34)cc(-c3ccccc3)n2)cc1.c1ccc(-c2cc(-c3cccc4c3sc3cc5c6ccccc6c6ccccc6c5cc34)cc(-c3ccccc3)n2)cc1. The first-order valence-corrected chi connectivity index (χ1v) is 44.7. The summed E-state index contributed by atoms with van der Waals surface area (Å²) in [5, 5.41) is 29.8. The molecule has 0 aliphatic carbocycles. The molecule has 0 saturated carbocycles. The van der Waals surface area contributed by atoms with Crippen LogP contribution in [0.5, 0.6) is 0 Å². The average Bonchev–Trinajstić information content (AvgIpc) is 1.62. The number of rotatable bonds is 9. The van der Waals surface area contributed by atoms with Gasteiger partial charge in [-0.15, -0.1) is 11.3 Å². The van der Waals surface area contributed by atoms with Crippen LogP contribution in [0.2, 0.25) is 0 Å². The Bertz CT molecular complexity index is 8510. The number of fused-ring (bicyclic) bond motifs is 28. The van der Waals surface area contributed by atoms with E-state index in [4.69, 9.17) is 23.8 Å². The Kier molecular flexibility index (Phi) is 18.1. The van der Waals surface area contributed by atoms with Crippen molar-refractivity contribution >= 4 is 172 Å². The van der Waals surface area contributed by atoms with Gasteiger partial charge in [-0.3, -0.25) is 0 Å². The van der Waals surface area contributed by atoms with Crippen molar-refractivity contribution < 1.29 is 8.83 Å². The van der Waals surface area contributed by atoms with E-state index in [1.165, 1.54) is 128 Å². The summed E-state index contributed by atoms with van der Waals surface area (Å²) in [5.41, 5.74) is 22.6. The summed E-state index contributed by atoms with van der Waals surface area (Å²) in [6.45, 7) is 0. The van der Waals surface area contributed by atoms with E-state index in [1.54, 1.807) is 0 Å². The van der Waals surface area contributed by atoms with Crippen molar-refractivity contribution in [3.63, 3.8) is 0 Å². The van der Waals surface area contributed by atoms with Gasteiger partial charge in [0.05, 0.1) is 34.2 Å². The zero-order chi connectivity index (χ0) is 85.0. The molecule has 0 amide bonds. The van der Waals surface area contributed by atoms with E-state index in [0.717, 1.165) is 134 Å². The van der Waals surface area contributed by atoms with Gasteiger partial charge in [0, 0.05) is 91.6 Å². The van der Waals surface area contributed by atoms with Gasteiger partial charge in [0.15, 0.2) is 0 Å². The van der Waals surface area contributed by atoms with Gasteiger partial charge in [0.2, 0.25) is 0 Å². The number of pyridine rings is 3. The molecule has 6 aromatic heterocycles. The van der Waals surface area contributed by atoms with Crippen molar-refractivity contribution in [2.24, 2.45) is 0 Å². The zero-order valence-corrected chi connectivity index (χ0v) is 70.7. The fourth-order valence-corrected chi connectivity index (χ4v) is 21.2. The lowest BCUT2D eigenvalue weighted by molar-refractivity contribution is 0.670. The van der Waals surface area contributed by atoms with Crippen LogP contribution < -0.4 is 0 Å². The Morgan fingerprint density at radius 3 is 0.791 bits per heavy atom. The first-order chi connectivity index (χ1) is 64.0. The van der Waals surface area contributed by atoms with Crippen LogP contribution in [0.15, 0.2) is 464 Å². The predicted octanol–water partition coefficient (Wildman–Crippen LogP) is 34.8. The highest BCUT2D eigenvalue weighted by molar-refractivity contribution is 7.26. The van der Waals surface area contributed by atoms with Crippen LogP contribution in [0, 0.1) is 0 Å². The van der Waals surface area contributed by atoms with E-state index in [0.29, 0.717) is 0 Å². The van der Waals surface area contributed by atoms with E-state index in [-0.39, 0.29) is 0 Å². The van der Waals surface area contributed by atoms with Crippen LogP contribution in [0.25, 0.3) is 262 Å². The number of nitrogens with zero attached hydrogens (tertiary/aromatic N) is 3. The second kappa shape index (κ2) is 31.2. The lowest BCUT2D eigenvalue weighted by Crippen LogP contribution is -1.91. The highest BCUT2D eigenvalue weighted by Crippen LogP contribution is 2.50. The maximum absolute atomic E-state index is 6.98. The molecular formula is C123H75N3O2S. The fourth-order valence-electron chi connectivity index (χ4n) is 19.9. The van der Waals surface area contributed by atoms with Crippen LogP contribution in [-0.2, 0) is 0 Å². The van der Waals surface area contributed by atoms with Gasteiger partial charge in [-0.1, -0.05) is 388 Å². The molecule has 600 valence electrons. The van der Waals surface area contributed by atoms with Gasteiger partial charge in [-0.25, -0.2) is 15.0 Å². The smallest absolute Gasteiger partial charge is 0.143 e. The normalized spacial score (nSPS) is 11.7. The van der Waals surface area contributed by atoms with Gasteiger partial charge in [0.25, 0.3) is 0 Å². The second-order valence-electron chi connectivity index (χ2n) is 33.4. The molecule has 0 aliphatic heterocycles. The lowest BCUT2D eigenvalue weighted by atomic mass is 9.93. The Morgan fingerprint density at radius 2 is 0.411 bits per heavy atom. The summed E-state index contributed by atoms with van der Waals surface area (Å²) >= 11 is 1.89. The summed E-state index contributed by atoms with van der Waals surface area (Å²) in [4.78, 5) is 15.3. The largest absolute Gasteiger partial charge is 0.455 e. The van der Waals surface area contributed by atoms with Crippen molar-refractivity contribution in [2.45, 2.75) is 0 Å². The van der Waals surface area contributed by atoms with Crippen LogP contribution in [-0.4, -0.2) is 15.0 Å². The van der Waals surface area contributed by atoms with E-state index >= 15 is 0 Å². The number of benzene rings is 21. The first kappa shape index (κ1) is 74.8. The molecule has 5 nitrogen and oxygen atoms in total. The number of hydrogen-bond donors (Lipinski definition) is 0. The summed E-state index contributed by atoms with van der Waals surface area (Å²) in [7, 11) is 0. The average molecular weight is 1660 g/mol. The molecule has 129 heavy (non-hydrogen) atoms. The van der Waals surface area contributed by atoms with Crippen molar-refractivity contribution in [3.8, 4) is 101 Å². The van der Waals surface area contributed by atoms with Gasteiger partial charge < -0.3 is 8.83 Å². The Morgan fingerprint density at radius 1 is 0.155 bits per heavy atom. The topological polar surface area (TPSA) is 65.0 Å². The molecule has 0 radical (unpaired) electrons. The molecular weight excluding hydrogens is 1580 g/mol. The maximum Gasteiger partial charge on any atom is 0.143 e. The Balaban J connectivity index is 0.000000105. The molecule has 21 aromatic carbocycles. The van der Waals surface area contributed by atoms with E-state index in [2.05, 4.69) is 431 Å². The van der Waals surface area contributed by atoms with Crippen LogP contribution >= 0.6 is 11.3 Å². The number of aromatic nitrogens is 3. The number of para-hydroxylation sites is 2. The second-order valence-corrected chi connectivity index (χ2v) is 34.4. The molecule has 6 heterocycles.